The third-order valence-electron chi connectivity index (χ3n) is 5.67. The van der Waals surface area contributed by atoms with Crippen LogP contribution < -0.4 is 0 Å². The molecule has 0 spiro atoms. The Balaban J connectivity index is 1.44. The van der Waals surface area contributed by atoms with E-state index in [1.54, 1.807) is 12.5 Å². The molecule has 1 fully saturated rings. The fraction of sp³-hybridized carbons (Fsp3) is 0.348. The quantitative estimate of drug-likeness (QED) is 0.730. The van der Waals surface area contributed by atoms with Gasteiger partial charge in [0.05, 0.1) is 18.5 Å². The minimum absolute atomic E-state index is 0.354. The summed E-state index contributed by atoms with van der Waals surface area (Å²) < 4.78 is 1.98. The van der Waals surface area contributed by atoms with Crippen LogP contribution in [0.25, 0.3) is 0 Å². The maximum absolute atomic E-state index is 11.0. The highest BCUT2D eigenvalue weighted by Crippen LogP contribution is 2.29. The molecule has 27 heavy (non-hydrogen) atoms. The molecule has 2 heterocycles. The molecule has 0 unspecified atom stereocenters. The van der Waals surface area contributed by atoms with Crippen LogP contribution in [0.1, 0.15) is 29.9 Å². The molecule has 0 aliphatic carbocycles. The normalized spacial score (nSPS) is 17.3. The molecule has 1 aliphatic rings. The van der Waals surface area contributed by atoms with Gasteiger partial charge in [-0.25, -0.2) is 4.98 Å². The van der Waals surface area contributed by atoms with E-state index in [0.717, 1.165) is 32.5 Å². The van der Waals surface area contributed by atoms with E-state index in [9.17, 15) is 5.11 Å². The summed E-state index contributed by atoms with van der Waals surface area (Å²) in [4.78, 5) is 6.57. The largest absolute Gasteiger partial charge is 0.388 e. The van der Waals surface area contributed by atoms with Gasteiger partial charge in [0.1, 0.15) is 0 Å². The van der Waals surface area contributed by atoms with Crippen molar-refractivity contribution in [2.45, 2.75) is 30.9 Å². The van der Waals surface area contributed by atoms with Crippen molar-refractivity contribution in [1.29, 1.82) is 0 Å². The Morgan fingerprint density at radius 1 is 0.926 bits per heavy atom. The molecule has 3 aromatic rings. The zero-order valence-corrected chi connectivity index (χ0v) is 15.6. The zero-order chi connectivity index (χ0) is 18.5. The van der Waals surface area contributed by atoms with Gasteiger partial charge in [-0.2, -0.15) is 0 Å². The number of rotatable bonds is 6. The lowest BCUT2D eigenvalue weighted by Gasteiger charge is -2.39. The molecule has 0 amide bonds. The number of hydrogen-bond donors (Lipinski definition) is 1. The first kappa shape index (κ1) is 18.0. The monoisotopic (exact) mass is 361 g/mol. The van der Waals surface area contributed by atoms with Gasteiger partial charge in [0, 0.05) is 37.9 Å². The summed E-state index contributed by atoms with van der Waals surface area (Å²) >= 11 is 0. The van der Waals surface area contributed by atoms with Crippen LogP contribution in [0.5, 0.6) is 0 Å². The Morgan fingerprint density at radius 2 is 1.52 bits per heavy atom. The highest BCUT2D eigenvalue weighted by molar-refractivity contribution is 5.32. The lowest BCUT2D eigenvalue weighted by atomic mass is 9.87. The van der Waals surface area contributed by atoms with Crippen LogP contribution in [0, 0.1) is 0 Å². The third kappa shape index (κ3) is 4.46. The summed E-state index contributed by atoms with van der Waals surface area (Å²) in [6, 6.07) is 21.5. The van der Waals surface area contributed by atoms with E-state index in [1.807, 2.05) is 10.8 Å². The van der Waals surface area contributed by atoms with Gasteiger partial charge in [-0.05, 0) is 24.0 Å². The molecule has 4 nitrogen and oxygen atoms in total. The molecule has 0 saturated carbocycles. The average Bonchev–Trinajstić information content (AvgIpc) is 3.21. The van der Waals surface area contributed by atoms with Crippen molar-refractivity contribution in [2.75, 3.05) is 19.6 Å². The summed E-state index contributed by atoms with van der Waals surface area (Å²) in [5, 5.41) is 11.0. The van der Waals surface area contributed by atoms with Gasteiger partial charge in [-0.3, -0.25) is 0 Å². The van der Waals surface area contributed by atoms with Gasteiger partial charge in [-0.15, -0.1) is 0 Å². The molecule has 0 radical (unpaired) electrons. The van der Waals surface area contributed by atoms with Crippen LogP contribution in [-0.2, 0) is 6.54 Å². The standard InChI is InChI=1S/C23H27N3O/c27-23(18-26-16-13-24-19-26)11-14-25(15-12-23)17-22(20-7-3-1-4-8-20)21-9-5-2-6-10-21/h1-10,13,16,19,22,27H,11-12,14-15,17-18H2. The summed E-state index contributed by atoms with van der Waals surface area (Å²) in [7, 11) is 0. The molecule has 4 rings (SSSR count). The summed E-state index contributed by atoms with van der Waals surface area (Å²) in [6.07, 6.45) is 7.06. The zero-order valence-electron chi connectivity index (χ0n) is 15.6. The molecular weight excluding hydrogens is 334 g/mol. The smallest absolute Gasteiger partial charge is 0.0946 e. The van der Waals surface area contributed by atoms with E-state index < -0.39 is 5.60 Å². The fourth-order valence-corrected chi connectivity index (χ4v) is 4.06. The maximum Gasteiger partial charge on any atom is 0.0946 e. The van der Waals surface area contributed by atoms with E-state index in [2.05, 4.69) is 70.5 Å². The molecule has 1 saturated heterocycles. The van der Waals surface area contributed by atoms with Crippen LogP contribution in [0.2, 0.25) is 0 Å². The van der Waals surface area contributed by atoms with Gasteiger partial charge >= 0.3 is 0 Å². The second kappa shape index (κ2) is 8.07. The minimum atomic E-state index is -0.633. The van der Waals surface area contributed by atoms with E-state index in [4.69, 9.17) is 0 Å². The summed E-state index contributed by atoms with van der Waals surface area (Å²) in [5.74, 6) is 0.354. The van der Waals surface area contributed by atoms with Gasteiger partial charge in [0.25, 0.3) is 0 Å². The molecule has 0 atom stereocenters. The Labute approximate surface area is 161 Å². The Bertz CT molecular complexity index is 770. The molecule has 0 bridgehead atoms. The molecule has 2 aromatic carbocycles. The van der Waals surface area contributed by atoms with Gasteiger partial charge < -0.3 is 14.6 Å². The highest BCUT2D eigenvalue weighted by atomic mass is 16.3. The van der Waals surface area contributed by atoms with Crippen LogP contribution in [0.15, 0.2) is 79.4 Å². The van der Waals surface area contributed by atoms with Gasteiger partial charge in [-0.1, -0.05) is 60.7 Å². The molecule has 1 aliphatic heterocycles. The number of benzene rings is 2. The lowest BCUT2D eigenvalue weighted by molar-refractivity contribution is -0.0345. The second-order valence-corrected chi connectivity index (χ2v) is 7.63. The third-order valence-corrected chi connectivity index (χ3v) is 5.67. The number of aromatic nitrogens is 2. The SMILES string of the molecule is OC1(Cn2ccnc2)CCN(CC(c2ccccc2)c2ccccc2)CC1. The number of aliphatic hydroxyl groups is 1. The van der Waals surface area contributed by atoms with Gasteiger partial charge in [0.2, 0.25) is 0 Å². The number of likely N-dealkylation sites (tertiary alicyclic amines) is 1. The Hall–Kier alpha value is -2.43. The highest BCUT2D eigenvalue weighted by Gasteiger charge is 2.33. The van der Waals surface area contributed by atoms with Crippen LogP contribution in [0.4, 0.5) is 0 Å². The summed E-state index contributed by atoms with van der Waals surface area (Å²) in [5.41, 5.74) is 2.07. The molecule has 1 N–H and O–H groups in total. The Kier molecular flexibility index (Phi) is 5.37. The number of nitrogens with zero attached hydrogens (tertiary/aromatic N) is 3. The maximum atomic E-state index is 11.0. The van der Waals surface area contributed by atoms with Crippen molar-refractivity contribution in [3.8, 4) is 0 Å². The number of imidazole rings is 1. The van der Waals surface area contributed by atoms with E-state index in [1.165, 1.54) is 11.1 Å². The topological polar surface area (TPSA) is 41.3 Å². The predicted octanol–water partition coefficient (Wildman–Crippen LogP) is 3.54. The molecule has 140 valence electrons. The first-order valence-corrected chi connectivity index (χ1v) is 9.72. The van der Waals surface area contributed by atoms with E-state index in [0.29, 0.717) is 12.5 Å². The lowest BCUT2D eigenvalue weighted by Crippen LogP contribution is -2.47. The van der Waals surface area contributed by atoms with Crippen molar-refractivity contribution in [3.63, 3.8) is 0 Å². The second-order valence-electron chi connectivity index (χ2n) is 7.63. The van der Waals surface area contributed by atoms with Crippen LogP contribution >= 0.6 is 0 Å². The van der Waals surface area contributed by atoms with E-state index >= 15 is 0 Å². The van der Waals surface area contributed by atoms with E-state index in [-0.39, 0.29) is 0 Å². The summed E-state index contributed by atoms with van der Waals surface area (Å²) in [6.45, 7) is 3.44. The van der Waals surface area contributed by atoms with Crippen molar-refractivity contribution in [3.05, 3.63) is 90.5 Å². The predicted molar refractivity (Wildman–Crippen MR) is 108 cm³/mol. The average molecular weight is 361 g/mol. The van der Waals surface area contributed by atoms with Crippen molar-refractivity contribution in [2.24, 2.45) is 0 Å². The van der Waals surface area contributed by atoms with Crippen LogP contribution in [-0.4, -0.2) is 44.8 Å². The molecular formula is C23H27N3O. The minimum Gasteiger partial charge on any atom is -0.388 e. The van der Waals surface area contributed by atoms with Crippen molar-refractivity contribution < 1.29 is 5.11 Å². The fourth-order valence-electron chi connectivity index (χ4n) is 4.06. The Morgan fingerprint density at radius 3 is 2.04 bits per heavy atom. The molecule has 1 aromatic heterocycles. The van der Waals surface area contributed by atoms with Crippen molar-refractivity contribution in [1.82, 2.24) is 14.5 Å². The molecule has 4 heteroatoms. The first-order chi connectivity index (χ1) is 13.2. The first-order valence-electron chi connectivity index (χ1n) is 9.72. The number of piperidine rings is 1. The van der Waals surface area contributed by atoms with Gasteiger partial charge in [0.15, 0.2) is 0 Å². The number of hydrogen-bond acceptors (Lipinski definition) is 3. The van der Waals surface area contributed by atoms with Crippen molar-refractivity contribution >= 4 is 0 Å². The van der Waals surface area contributed by atoms with Crippen LogP contribution in [0.3, 0.4) is 0 Å².